The Hall–Kier alpha value is -3.00. The Balaban J connectivity index is 2.24. The van der Waals surface area contributed by atoms with E-state index in [4.69, 9.17) is 9.84 Å². The number of hydrogen-bond donors (Lipinski definition) is 2. The molecule has 0 saturated heterocycles. The molecule has 0 aliphatic carbocycles. The van der Waals surface area contributed by atoms with Crippen molar-refractivity contribution in [3.8, 4) is 11.5 Å². The van der Waals surface area contributed by atoms with Gasteiger partial charge in [-0.15, -0.1) is 0 Å². The van der Waals surface area contributed by atoms with Crippen LogP contribution >= 0.6 is 0 Å². The van der Waals surface area contributed by atoms with Gasteiger partial charge < -0.3 is 15.2 Å². The van der Waals surface area contributed by atoms with E-state index in [0.29, 0.717) is 0 Å². The Labute approximate surface area is 130 Å². The second kappa shape index (κ2) is 7.32. The number of nitro benzene ring substituents is 1. The number of amides is 1. The molecule has 2 aromatic carbocycles. The summed E-state index contributed by atoms with van der Waals surface area (Å²) in [4.78, 5) is 22.0. The van der Waals surface area contributed by atoms with Crippen LogP contribution in [0.5, 0.6) is 11.5 Å². The molecule has 0 atom stereocenters. The van der Waals surface area contributed by atoms with Gasteiger partial charge in [0.25, 0.3) is 5.91 Å². The van der Waals surface area contributed by atoms with Crippen molar-refractivity contribution >= 4 is 11.6 Å². The number of carbonyl (C=O) groups is 1. The van der Waals surface area contributed by atoms with Crippen LogP contribution in [0.3, 0.4) is 0 Å². The van der Waals surface area contributed by atoms with E-state index in [1.807, 2.05) is 0 Å². The molecule has 8 heteroatoms. The van der Waals surface area contributed by atoms with E-state index in [2.05, 4.69) is 5.32 Å². The first-order chi connectivity index (χ1) is 11.0. The maximum Gasteiger partial charge on any atom is 0.314 e. The van der Waals surface area contributed by atoms with Gasteiger partial charge in [0.05, 0.1) is 17.6 Å². The Morgan fingerprint density at radius 1 is 1.30 bits per heavy atom. The number of nitrogens with zero attached hydrogens (tertiary/aromatic N) is 1. The largest absolute Gasteiger partial charge is 0.450 e. The summed E-state index contributed by atoms with van der Waals surface area (Å²) in [5, 5.41) is 22.1. The predicted molar refractivity (Wildman–Crippen MR) is 79.0 cm³/mol. The van der Waals surface area contributed by atoms with Crippen LogP contribution in [0.4, 0.5) is 10.1 Å². The molecule has 1 amide bonds. The lowest BCUT2D eigenvalue weighted by Crippen LogP contribution is -2.26. The van der Waals surface area contributed by atoms with Crippen LogP contribution in [0.1, 0.15) is 10.4 Å². The fourth-order valence-electron chi connectivity index (χ4n) is 1.82. The molecule has 7 nitrogen and oxygen atoms in total. The van der Waals surface area contributed by atoms with Gasteiger partial charge >= 0.3 is 5.69 Å². The molecule has 0 aliphatic rings. The summed E-state index contributed by atoms with van der Waals surface area (Å²) in [5.41, 5.74) is -0.249. The maximum absolute atomic E-state index is 13.1. The summed E-state index contributed by atoms with van der Waals surface area (Å²) < 4.78 is 18.5. The molecule has 2 N–H and O–H groups in total. The summed E-state index contributed by atoms with van der Waals surface area (Å²) >= 11 is 0. The summed E-state index contributed by atoms with van der Waals surface area (Å²) in [7, 11) is 0. The van der Waals surface area contributed by atoms with E-state index in [-0.39, 0.29) is 30.2 Å². The Morgan fingerprint density at radius 2 is 2.09 bits per heavy atom. The van der Waals surface area contributed by atoms with Crippen molar-refractivity contribution in [3.05, 3.63) is 64.0 Å². The number of hydrogen-bond acceptors (Lipinski definition) is 5. The molecule has 0 unspecified atom stereocenters. The summed E-state index contributed by atoms with van der Waals surface area (Å²) in [6.45, 7) is -0.0863. The van der Waals surface area contributed by atoms with Crippen LogP contribution < -0.4 is 10.1 Å². The van der Waals surface area contributed by atoms with Crippen LogP contribution in [0.15, 0.2) is 42.5 Å². The molecule has 0 aromatic heterocycles. The Morgan fingerprint density at radius 3 is 2.78 bits per heavy atom. The van der Waals surface area contributed by atoms with Gasteiger partial charge in [-0.25, -0.2) is 4.39 Å². The van der Waals surface area contributed by atoms with E-state index < -0.39 is 22.3 Å². The first-order valence-corrected chi connectivity index (χ1v) is 6.62. The van der Waals surface area contributed by atoms with Crippen molar-refractivity contribution in [1.29, 1.82) is 0 Å². The van der Waals surface area contributed by atoms with Gasteiger partial charge in [0, 0.05) is 12.1 Å². The molecule has 120 valence electrons. The van der Waals surface area contributed by atoms with Crippen molar-refractivity contribution in [2.75, 3.05) is 13.2 Å². The zero-order chi connectivity index (χ0) is 16.8. The number of benzene rings is 2. The minimum atomic E-state index is -0.754. The van der Waals surface area contributed by atoms with Crippen molar-refractivity contribution in [1.82, 2.24) is 5.32 Å². The number of rotatable bonds is 6. The number of aliphatic hydroxyl groups is 1. The normalized spacial score (nSPS) is 10.2. The van der Waals surface area contributed by atoms with E-state index in [0.717, 1.165) is 18.2 Å². The zero-order valence-corrected chi connectivity index (χ0v) is 11.9. The highest BCUT2D eigenvalue weighted by atomic mass is 19.1. The molecule has 0 spiro atoms. The average molecular weight is 320 g/mol. The van der Waals surface area contributed by atoms with Crippen molar-refractivity contribution in [2.45, 2.75) is 0 Å². The third kappa shape index (κ3) is 4.24. The second-order valence-corrected chi connectivity index (χ2v) is 4.48. The second-order valence-electron chi connectivity index (χ2n) is 4.48. The molecule has 2 aromatic rings. The fraction of sp³-hybridized carbons (Fsp3) is 0.133. The minimum Gasteiger partial charge on any atom is -0.450 e. The lowest BCUT2D eigenvalue weighted by Gasteiger charge is -2.08. The molecular formula is C15H13FN2O5. The summed E-state index contributed by atoms with van der Waals surface area (Å²) in [5.74, 6) is -1.11. The SMILES string of the molecule is O=C(NCCO)c1cccc(Oc2ccc(F)cc2[N+](=O)[O-])c1. The van der Waals surface area contributed by atoms with E-state index >= 15 is 0 Å². The van der Waals surface area contributed by atoms with Gasteiger partial charge in [0.1, 0.15) is 11.6 Å². The predicted octanol–water partition coefficient (Wildman–Crippen LogP) is 2.25. The minimum absolute atomic E-state index is 0.105. The van der Waals surface area contributed by atoms with Crippen LogP contribution in [0.2, 0.25) is 0 Å². The smallest absolute Gasteiger partial charge is 0.314 e. The van der Waals surface area contributed by atoms with Crippen molar-refractivity contribution < 1.29 is 24.0 Å². The molecule has 0 saturated carbocycles. The maximum atomic E-state index is 13.1. The van der Waals surface area contributed by atoms with E-state index in [1.165, 1.54) is 18.2 Å². The van der Waals surface area contributed by atoms with Crippen LogP contribution in [0.25, 0.3) is 0 Å². The van der Waals surface area contributed by atoms with Gasteiger partial charge in [-0.3, -0.25) is 14.9 Å². The number of aliphatic hydroxyl groups excluding tert-OH is 1. The lowest BCUT2D eigenvalue weighted by atomic mass is 10.2. The van der Waals surface area contributed by atoms with Crippen LogP contribution in [-0.2, 0) is 0 Å². The van der Waals surface area contributed by atoms with E-state index in [1.54, 1.807) is 6.07 Å². The number of halogens is 1. The highest BCUT2D eigenvalue weighted by molar-refractivity contribution is 5.94. The molecule has 0 radical (unpaired) electrons. The van der Waals surface area contributed by atoms with Crippen LogP contribution in [-0.4, -0.2) is 29.1 Å². The van der Waals surface area contributed by atoms with Gasteiger partial charge in [-0.1, -0.05) is 6.07 Å². The number of ether oxygens (including phenoxy) is 1. The molecule has 0 fully saturated rings. The number of carbonyl (C=O) groups excluding carboxylic acids is 1. The fourth-order valence-corrected chi connectivity index (χ4v) is 1.82. The highest BCUT2D eigenvalue weighted by Crippen LogP contribution is 2.32. The molecule has 0 bridgehead atoms. The molecular weight excluding hydrogens is 307 g/mol. The monoisotopic (exact) mass is 320 g/mol. The number of nitrogens with one attached hydrogen (secondary N) is 1. The first-order valence-electron chi connectivity index (χ1n) is 6.62. The average Bonchev–Trinajstić information content (AvgIpc) is 2.54. The highest BCUT2D eigenvalue weighted by Gasteiger charge is 2.17. The zero-order valence-electron chi connectivity index (χ0n) is 11.9. The quantitative estimate of drug-likeness (QED) is 0.628. The molecule has 23 heavy (non-hydrogen) atoms. The van der Waals surface area contributed by atoms with Crippen molar-refractivity contribution in [2.24, 2.45) is 0 Å². The third-order valence-corrected chi connectivity index (χ3v) is 2.84. The van der Waals surface area contributed by atoms with Crippen LogP contribution in [0, 0.1) is 15.9 Å². The third-order valence-electron chi connectivity index (χ3n) is 2.84. The molecule has 0 heterocycles. The topological polar surface area (TPSA) is 102 Å². The molecule has 0 aliphatic heterocycles. The van der Waals surface area contributed by atoms with Gasteiger partial charge in [-0.2, -0.15) is 0 Å². The Kier molecular flexibility index (Phi) is 5.21. The first kappa shape index (κ1) is 16.4. The Bertz CT molecular complexity index is 736. The van der Waals surface area contributed by atoms with Crippen molar-refractivity contribution in [3.63, 3.8) is 0 Å². The lowest BCUT2D eigenvalue weighted by molar-refractivity contribution is -0.385. The van der Waals surface area contributed by atoms with Gasteiger partial charge in [-0.05, 0) is 30.3 Å². The summed E-state index contributed by atoms with van der Waals surface area (Å²) in [6.07, 6.45) is 0. The summed E-state index contributed by atoms with van der Waals surface area (Å²) in [6, 6.07) is 8.91. The van der Waals surface area contributed by atoms with Gasteiger partial charge in [0.2, 0.25) is 5.75 Å². The molecule has 2 rings (SSSR count). The standard InChI is InChI=1S/C15H13FN2O5/c16-11-4-5-14(13(9-11)18(21)22)23-12-3-1-2-10(8-12)15(20)17-6-7-19/h1-5,8-9,19H,6-7H2,(H,17,20). The number of nitro groups is 1. The van der Waals surface area contributed by atoms with E-state index in [9.17, 15) is 19.3 Å². The van der Waals surface area contributed by atoms with Gasteiger partial charge in [0.15, 0.2) is 0 Å².